The molecule has 1 unspecified atom stereocenters. The summed E-state index contributed by atoms with van der Waals surface area (Å²) >= 11 is 0. The number of nitrogen functional groups attached to an aromatic ring is 1. The summed E-state index contributed by atoms with van der Waals surface area (Å²) in [5.41, 5.74) is 8.93. The summed E-state index contributed by atoms with van der Waals surface area (Å²) < 4.78 is 0. The molecule has 0 radical (unpaired) electrons. The molecule has 1 aromatic carbocycles. The van der Waals surface area contributed by atoms with Gasteiger partial charge < -0.3 is 20.7 Å². The topological polar surface area (TPSA) is 117 Å². The molecule has 1 saturated heterocycles. The Morgan fingerprint density at radius 2 is 2.21 bits per heavy atom. The molecule has 1 atom stereocenters. The van der Waals surface area contributed by atoms with E-state index < -0.39 is 0 Å². The van der Waals surface area contributed by atoms with Crippen LogP contribution in [0.3, 0.4) is 0 Å². The first-order valence-corrected chi connectivity index (χ1v) is 9.66. The normalized spacial score (nSPS) is 17.7. The SMILES string of the molecule is CCN1CCCC(c2nnc(-c3nc(-c4cccc(CO)c4)cnc3N)[nH]2)C1. The van der Waals surface area contributed by atoms with Crippen molar-refractivity contribution in [2.24, 2.45) is 0 Å². The second-order valence-corrected chi connectivity index (χ2v) is 7.14. The molecule has 8 heteroatoms. The maximum atomic E-state index is 9.37. The number of nitrogens with one attached hydrogen (secondary N) is 1. The van der Waals surface area contributed by atoms with Gasteiger partial charge in [0.25, 0.3) is 0 Å². The fourth-order valence-corrected chi connectivity index (χ4v) is 3.67. The number of likely N-dealkylation sites (N-methyl/N-ethyl adjacent to an activating group) is 1. The fourth-order valence-electron chi connectivity index (χ4n) is 3.67. The Kier molecular flexibility index (Phi) is 5.31. The van der Waals surface area contributed by atoms with Crippen molar-refractivity contribution in [2.45, 2.75) is 32.3 Å². The lowest BCUT2D eigenvalue weighted by Gasteiger charge is -2.30. The van der Waals surface area contributed by atoms with E-state index in [1.807, 2.05) is 24.3 Å². The van der Waals surface area contributed by atoms with Gasteiger partial charge in [-0.05, 0) is 37.6 Å². The quantitative estimate of drug-likeness (QED) is 0.622. The third-order valence-corrected chi connectivity index (χ3v) is 5.27. The van der Waals surface area contributed by atoms with E-state index in [-0.39, 0.29) is 6.61 Å². The maximum Gasteiger partial charge on any atom is 0.183 e. The zero-order valence-corrected chi connectivity index (χ0v) is 16.0. The molecule has 0 saturated carbocycles. The molecule has 4 N–H and O–H groups in total. The first-order chi connectivity index (χ1) is 13.7. The van der Waals surface area contributed by atoms with Gasteiger partial charge in [-0.2, -0.15) is 0 Å². The molecular formula is C20H25N7O. The van der Waals surface area contributed by atoms with Crippen molar-refractivity contribution in [1.82, 2.24) is 30.0 Å². The average molecular weight is 379 g/mol. The van der Waals surface area contributed by atoms with E-state index >= 15 is 0 Å². The van der Waals surface area contributed by atoms with Crippen molar-refractivity contribution >= 4 is 5.82 Å². The van der Waals surface area contributed by atoms with E-state index in [1.54, 1.807) is 6.20 Å². The van der Waals surface area contributed by atoms with Crippen molar-refractivity contribution in [3.8, 4) is 22.8 Å². The Morgan fingerprint density at radius 1 is 1.32 bits per heavy atom. The van der Waals surface area contributed by atoms with Crippen molar-refractivity contribution in [3.63, 3.8) is 0 Å². The average Bonchev–Trinajstić information content (AvgIpc) is 3.24. The van der Waals surface area contributed by atoms with Crippen molar-refractivity contribution in [3.05, 3.63) is 41.9 Å². The van der Waals surface area contributed by atoms with Gasteiger partial charge >= 0.3 is 0 Å². The van der Waals surface area contributed by atoms with Crippen molar-refractivity contribution < 1.29 is 5.11 Å². The lowest BCUT2D eigenvalue weighted by atomic mass is 9.97. The first-order valence-electron chi connectivity index (χ1n) is 9.66. The molecule has 2 aromatic heterocycles. The number of hydrogen-bond acceptors (Lipinski definition) is 7. The number of anilines is 1. The Morgan fingerprint density at radius 3 is 3.04 bits per heavy atom. The fraction of sp³-hybridized carbons (Fsp3) is 0.400. The van der Waals surface area contributed by atoms with E-state index in [1.165, 1.54) is 0 Å². The van der Waals surface area contributed by atoms with Gasteiger partial charge in [0.2, 0.25) is 0 Å². The number of nitrogens with two attached hydrogens (primary N) is 1. The van der Waals surface area contributed by atoms with Gasteiger partial charge in [0.15, 0.2) is 17.3 Å². The standard InChI is InChI=1S/C20H25N7O/c1-2-27-8-4-7-15(11-27)19-24-20(26-25-19)17-18(21)22-10-16(23-17)14-6-3-5-13(9-14)12-28/h3,5-6,9-10,15,28H,2,4,7-8,11-12H2,1H3,(H2,21,22)(H,24,25,26). The van der Waals surface area contributed by atoms with Gasteiger partial charge in [-0.15, -0.1) is 10.2 Å². The predicted molar refractivity (Wildman–Crippen MR) is 107 cm³/mol. The highest BCUT2D eigenvalue weighted by Crippen LogP contribution is 2.28. The Bertz CT molecular complexity index is 955. The summed E-state index contributed by atoms with van der Waals surface area (Å²) in [6, 6.07) is 7.56. The number of aromatic amines is 1. The largest absolute Gasteiger partial charge is 0.392 e. The van der Waals surface area contributed by atoms with Crippen molar-refractivity contribution in [1.29, 1.82) is 0 Å². The molecule has 3 aromatic rings. The molecule has 1 fully saturated rings. The Hall–Kier alpha value is -2.84. The number of H-pyrrole nitrogens is 1. The molecule has 146 valence electrons. The molecule has 8 nitrogen and oxygen atoms in total. The van der Waals surface area contributed by atoms with Crippen LogP contribution >= 0.6 is 0 Å². The van der Waals surface area contributed by atoms with Crippen LogP contribution in [-0.4, -0.2) is 54.8 Å². The van der Waals surface area contributed by atoms with E-state index in [9.17, 15) is 5.11 Å². The molecule has 1 aliphatic rings. The summed E-state index contributed by atoms with van der Waals surface area (Å²) in [5, 5.41) is 18.0. The van der Waals surface area contributed by atoms with E-state index in [2.05, 4.69) is 37.0 Å². The number of benzene rings is 1. The molecule has 0 amide bonds. The van der Waals surface area contributed by atoms with Crippen molar-refractivity contribution in [2.75, 3.05) is 25.4 Å². The summed E-state index contributed by atoms with van der Waals surface area (Å²) in [6.07, 6.45) is 3.89. The van der Waals surface area contributed by atoms with E-state index in [0.717, 1.165) is 49.4 Å². The van der Waals surface area contributed by atoms with Gasteiger partial charge in [-0.1, -0.05) is 25.1 Å². The molecule has 28 heavy (non-hydrogen) atoms. The molecule has 3 heterocycles. The minimum atomic E-state index is -0.0231. The minimum absolute atomic E-state index is 0.0231. The second-order valence-electron chi connectivity index (χ2n) is 7.14. The lowest BCUT2D eigenvalue weighted by Crippen LogP contribution is -2.34. The lowest BCUT2D eigenvalue weighted by molar-refractivity contribution is 0.214. The summed E-state index contributed by atoms with van der Waals surface area (Å²) in [5.74, 6) is 2.06. The first kappa shape index (κ1) is 18.5. The zero-order valence-electron chi connectivity index (χ0n) is 16.0. The molecule has 0 bridgehead atoms. The summed E-state index contributed by atoms with van der Waals surface area (Å²) in [6.45, 7) is 5.33. The van der Waals surface area contributed by atoms with Crippen LogP contribution in [0, 0.1) is 0 Å². The molecule has 1 aliphatic heterocycles. The van der Waals surface area contributed by atoms with Crippen LogP contribution in [0.5, 0.6) is 0 Å². The third kappa shape index (κ3) is 3.74. The number of piperidine rings is 1. The van der Waals surface area contributed by atoms with Gasteiger partial charge in [0, 0.05) is 18.0 Å². The number of aromatic nitrogens is 5. The number of likely N-dealkylation sites (tertiary alicyclic amines) is 1. The van der Waals surface area contributed by atoms with E-state index in [0.29, 0.717) is 28.9 Å². The second kappa shape index (κ2) is 8.04. The molecule has 0 spiro atoms. The number of rotatable bonds is 5. The number of hydrogen-bond donors (Lipinski definition) is 3. The minimum Gasteiger partial charge on any atom is -0.392 e. The van der Waals surface area contributed by atoms with Crippen LogP contribution in [0.1, 0.15) is 37.1 Å². The van der Waals surface area contributed by atoms with Crippen LogP contribution in [0.4, 0.5) is 5.82 Å². The predicted octanol–water partition coefficient (Wildman–Crippen LogP) is 2.20. The third-order valence-electron chi connectivity index (χ3n) is 5.27. The zero-order chi connectivity index (χ0) is 19.5. The molecule has 4 rings (SSSR count). The smallest absolute Gasteiger partial charge is 0.183 e. The number of nitrogens with zero attached hydrogens (tertiary/aromatic N) is 5. The van der Waals surface area contributed by atoms with Crippen LogP contribution in [0.15, 0.2) is 30.5 Å². The summed E-state index contributed by atoms with van der Waals surface area (Å²) in [4.78, 5) is 14.7. The summed E-state index contributed by atoms with van der Waals surface area (Å²) in [7, 11) is 0. The number of aliphatic hydroxyl groups is 1. The van der Waals surface area contributed by atoms with Gasteiger partial charge in [-0.3, -0.25) is 0 Å². The monoisotopic (exact) mass is 379 g/mol. The highest BCUT2D eigenvalue weighted by atomic mass is 16.3. The van der Waals surface area contributed by atoms with Gasteiger partial charge in [-0.25, -0.2) is 9.97 Å². The van der Waals surface area contributed by atoms with E-state index in [4.69, 9.17) is 5.73 Å². The van der Waals surface area contributed by atoms with Crippen LogP contribution in [0.2, 0.25) is 0 Å². The Labute approximate surface area is 163 Å². The maximum absolute atomic E-state index is 9.37. The Balaban J connectivity index is 1.63. The van der Waals surface area contributed by atoms with Gasteiger partial charge in [0.05, 0.1) is 18.5 Å². The van der Waals surface area contributed by atoms with Crippen LogP contribution < -0.4 is 5.73 Å². The highest BCUT2D eigenvalue weighted by molar-refractivity contribution is 5.69. The molecular weight excluding hydrogens is 354 g/mol. The van der Waals surface area contributed by atoms with Crippen LogP contribution in [-0.2, 0) is 6.61 Å². The van der Waals surface area contributed by atoms with Gasteiger partial charge in [0.1, 0.15) is 5.82 Å². The van der Waals surface area contributed by atoms with Crippen LogP contribution in [0.25, 0.3) is 22.8 Å². The molecule has 0 aliphatic carbocycles. The highest BCUT2D eigenvalue weighted by Gasteiger charge is 2.24. The number of aliphatic hydroxyl groups excluding tert-OH is 1.